The average molecular weight is 334 g/mol. The summed E-state index contributed by atoms with van der Waals surface area (Å²) in [5.41, 5.74) is -2.14. The highest BCUT2D eigenvalue weighted by molar-refractivity contribution is 5.94. The molecule has 1 saturated heterocycles. The second-order valence-corrected chi connectivity index (χ2v) is 5.88. The van der Waals surface area contributed by atoms with Gasteiger partial charge in [-0.05, 0) is 38.0 Å². The van der Waals surface area contributed by atoms with Crippen LogP contribution in [0.15, 0.2) is 18.2 Å². The summed E-state index contributed by atoms with van der Waals surface area (Å²) in [5.74, 6) is -1.04. The number of halogens is 4. The van der Waals surface area contributed by atoms with Crippen molar-refractivity contribution in [3.05, 3.63) is 29.6 Å². The van der Waals surface area contributed by atoms with E-state index in [1.54, 1.807) is 6.92 Å². The molecule has 1 aromatic rings. The molecule has 23 heavy (non-hydrogen) atoms. The van der Waals surface area contributed by atoms with Gasteiger partial charge in [-0.1, -0.05) is 6.07 Å². The maximum Gasteiger partial charge on any atom is 0.418 e. The lowest BCUT2D eigenvalue weighted by molar-refractivity contribution is -0.254. The highest BCUT2D eigenvalue weighted by Gasteiger charge is 2.57. The number of carbonyl (C=O) groups is 1. The van der Waals surface area contributed by atoms with E-state index in [0.717, 1.165) is 6.07 Å². The molecule has 4 nitrogen and oxygen atoms in total. The van der Waals surface area contributed by atoms with Crippen LogP contribution in [0.25, 0.3) is 0 Å². The molecule has 0 aromatic heterocycles. The second-order valence-electron chi connectivity index (χ2n) is 5.88. The van der Waals surface area contributed by atoms with Crippen molar-refractivity contribution in [1.29, 1.82) is 0 Å². The minimum atomic E-state index is -4.74. The number of β-amino-alcohol motifs (C(OH)–C–C–N with tert-alkyl or cyclic N) is 1. The fourth-order valence-electron chi connectivity index (χ4n) is 2.47. The summed E-state index contributed by atoms with van der Waals surface area (Å²) in [6.07, 6.45) is -5.22. The lowest BCUT2D eigenvalue weighted by Gasteiger charge is -2.28. The zero-order valence-corrected chi connectivity index (χ0v) is 12.7. The zero-order chi connectivity index (χ0) is 17.4. The number of amides is 1. The van der Waals surface area contributed by atoms with Crippen molar-refractivity contribution in [2.75, 3.05) is 18.4 Å². The van der Waals surface area contributed by atoms with Gasteiger partial charge in [-0.15, -0.1) is 0 Å². The average Bonchev–Trinajstić information content (AvgIpc) is 2.85. The van der Waals surface area contributed by atoms with E-state index in [-0.39, 0.29) is 12.2 Å². The van der Waals surface area contributed by atoms with E-state index in [0.29, 0.717) is 5.56 Å². The Bertz CT molecular complexity index is 606. The van der Waals surface area contributed by atoms with Gasteiger partial charge in [0.15, 0.2) is 5.60 Å². The Morgan fingerprint density at radius 2 is 2.09 bits per heavy atom. The van der Waals surface area contributed by atoms with Crippen LogP contribution in [0.3, 0.4) is 0 Å². The molecular formula is C15H18F4N2O2. The maximum absolute atomic E-state index is 13.4. The summed E-state index contributed by atoms with van der Waals surface area (Å²) < 4.78 is 51.8. The van der Waals surface area contributed by atoms with E-state index in [4.69, 9.17) is 0 Å². The number of anilines is 1. The van der Waals surface area contributed by atoms with Gasteiger partial charge in [0.05, 0.1) is 6.04 Å². The van der Waals surface area contributed by atoms with Crippen molar-refractivity contribution in [3.8, 4) is 0 Å². The molecule has 0 unspecified atom stereocenters. The molecule has 0 spiro atoms. The normalized spacial score (nSPS) is 23.8. The van der Waals surface area contributed by atoms with Crippen LogP contribution in [0.4, 0.5) is 23.2 Å². The lowest BCUT2D eigenvalue weighted by Crippen LogP contribution is -2.49. The molecule has 0 radical (unpaired) electrons. The number of carbonyl (C=O) groups excluding carboxylic acids is 1. The third kappa shape index (κ3) is 3.64. The van der Waals surface area contributed by atoms with E-state index >= 15 is 0 Å². The Hall–Kier alpha value is -1.67. The standard InChI is InChI=1S/C15H18F4N2O2/c1-9-3-4-11(7-12(9)16)20-13(22)10(2)21-6-5-14(23,8-21)15(17,18)19/h3-4,7,10,23H,5-6,8H2,1-2H3,(H,20,22)/t10-,14+/m1/s1. The number of likely N-dealkylation sites (tertiary alicyclic amines) is 1. The van der Waals surface area contributed by atoms with Crippen molar-refractivity contribution in [2.24, 2.45) is 0 Å². The van der Waals surface area contributed by atoms with Gasteiger partial charge < -0.3 is 10.4 Å². The number of benzene rings is 1. The Morgan fingerprint density at radius 1 is 1.43 bits per heavy atom. The van der Waals surface area contributed by atoms with Gasteiger partial charge in [0, 0.05) is 18.8 Å². The van der Waals surface area contributed by atoms with Crippen molar-refractivity contribution in [3.63, 3.8) is 0 Å². The predicted molar refractivity (Wildman–Crippen MR) is 76.4 cm³/mol. The minimum absolute atomic E-state index is 0.0488. The highest BCUT2D eigenvalue weighted by atomic mass is 19.4. The van der Waals surface area contributed by atoms with Crippen molar-refractivity contribution < 1.29 is 27.5 Å². The van der Waals surface area contributed by atoms with Crippen molar-refractivity contribution in [2.45, 2.75) is 38.1 Å². The van der Waals surface area contributed by atoms with Crippen LogP contribution in [0.2, 0.25) is 0 Å². The summed E-state index contributed by atoms with van der Waals surface area (Å²) >= 11 is 0. The Labute approximate surface area is 131 Å². The van der Waals surface area contributed by atoms with E-state index in [1.165, 1.54) is 24.0 Å². The van der Waals surface area contributed by atoms with Crippen LogP contribution in [0, 0.1) is 12.7 Å². The van der Waals surface area contributed by atoms with Crippen LogP contribution in [0.1, 0.15) is 18.9 Å². The first-order chi connectivity index (χ1) is 10.5. The van der Waals surface area contributed by atoms with E-state index in [1.807, 2.05) is 0 Å². The van der Waals surface area contributed by atoms with Gasteiger partial charge in [-0.3, -0.25) is 9.69 Å². The molecule has 1 amide bonds. The Balaban J connectivity index is 2.02. The first-order valence-electron chi connectivity index (χ1n) is 7.14. The smallest absolute Gasteiger partial charge is 0.379 e. The van der Waals surface area contributed by atoms with Gasteiger partial charge >= 0.3 is 6.18 Å². The number of aliphatic hydroxyl groups is 1. The molecule has 0 aliphatic carbocycles. The number of aryl methyl sites for hydroxylation is 1. The first kappa shape index (κ1) is 17.7. The third-order valence-electron chi connectivity index (χ3n) is 4.17. The third-order valence-corrected chi connectivity index (χ3v) is 4.17. The number of alkyl halides is 3. The molecule has 1 aliphatic heterocycles. The first-order valence-corrected chi connectivity index (χ1v) is 7.14. The molecule has 8 heteroatoms. The molecule has 0 saturated carbocycles. The fraction of sp³-hybridized carbons (Fsp3) is 0.533. The number of rotatable bonds is 3. The monoisotopic (exact) mass is 334 g/mol. The lowest BCUT2D eigenvalue weighted by atomic mass is 10.0. The molecule has 1 heterocycles. The summed E-state index contributed by atoms with van der Waals surface area (Å²) in [4.78, 5) is 13.4. The minimum Gasteiger partial charge on any atom is -0.379 e. The largest absolute Gasteiger partial charge is 0.418 e. The molecular weight excluding hydrogens is 316 g/mol. The number of hydrogen-bond donors (Lipinski definition) is 2. The molecule has 2 rings (SSSR count). The molecule has 128 valence electrons. The molecule has 2 N–H and O–H groups in total. The van der Waals surface area contributed by atoms with Crippen LogP contribution in [-0.2, 0) is 4.79 Å². The predicted octanol–water partition coefficient (Wildman–Crippen LogP) is 2.46. The Morgan fingerprint density at radius 3 is 2.61 bits per heavy atom. The zero-order valence-electron chi connectivity index (χ0n) is 12.7. The van der Waals surface area contributed by atoms with Crippen molar-refractivity contribution in [1.82, 2.24) is 4.90 Å². The van der Waals surface area contributed by atoms with Crippen LogP contribution >= 0.6 is 0 Å². The summed E-state index contributed by atoms with van der Waals surface area (Å²) in [5, 5.41) is 12.1. The topological polar surface area (TPSA) is 52.6 Å². The molecule has 2 atom stereocenters. The van der Waals surface area contributed by atoms with E-state index in [2.05, 4.69) is 5.32 Å². The van der Waals surface area contributed by atoms with Gasteiger partial charge in [-0.2, -0.15) is 13.2 Å². The van der Waals surface area contributed by atoms with Gasteiger partial charge in [0.2, 0.25) is 5.91 Å². The number of nitrogens with one attached hydrogen (secondary N) is 1. The molecule has 1 aromatic carbocycles. The van der Waals surface area contributed by atoms with Crippen LogP contribution in [-0.4, -0.2) is 46.8 Å². The number of hydrogen-bond acceptors (Lipinski definition) is 3. The molecule has 1 fully saturated rings. The molecule has 1 aliphatic rings. The van der Waals surface area contributed by atoms with Crippen LogP contribution in [0.5, 0.6) is 0 Å². The van der Waals surface area contributed by atoms with Crippen molar-refractivity contribution >= 4 is 11.6 Å². The van der Waals surface area contributed by atoms with E-state index in [9.17, 15) is 27.5 Å². The van der Waals surface area contributed by atoms with Crippen LogP contribution < -0.4 is 5.32 Å². The second kappa shape index (κ2) is 6.09. The quantitative estimate of drug-likeness (QED) is 0.835. The van der Waals surface area contributed by atoms with Gasteiger partial charge in [-0.25, -0.2) is 4.39 Å². The highest BCUT2D eigenvalue weighted by Crippen LogP contribution is 2.38. The summed E-state index contributed by atoms with van der Waals surface area (Å²) in [6, 6.07) is 3.28. The maximum atomic E-state index is 13.4. The SMILES string of the molecule is Cc1ccc(NC(=O)[C@@H](C)N2CC[C@@](O)(C(F)(F)F)C2)cc1F. The summed E-state index contributed by atoms with van der Waals surface area (Å²) in [7, 11) is 0. The Kier molecular flexibility index (Phi) is 4.68. The van der Waals surface area contributed by atoms with Gasteiger partial charge in [0.1, 0.15) is 5.82 Å². The molecule has 0 bridgehead atoms. The number of nitrogens with zero attached hydrogens (tertiary/aromatic N) is 1. The van der Waals surface area contributed by atoms with E-state index < -0.39 is 42.5 Å². The summed E-state index contributed by atoms with van der Waals surface area (Å²) in [6.45, 7) is 2.31. The van der Waals surface area contributed by atoms with Gasteiger partial charge in [0.25, 0.3) is 0 Å². The fourth-order valence-corrected chi connectivity index (χ4v) is 2.47.